The van der Waals surface area contributed by atoms with Crippen LogP contribution in [0.1, 0.15) is 18.1 Å². The van der Waals surface area contributed by atoms with Gasteiger partial charge in [0.15, 0.2) is 0 Å². The van der Waals surface area contributed by atoms with Crippen LogP contribution in [0.5, 0.6) is 0 Å². The lowest BCUT2D eigenvalue weighted by molar-refractivity contribution is -0.120. The molecule has 17 heavy (non-hydrogen) atoms. The summed E-state index contributed by atoms with van der Waals surface area (Å²) in [5, 5.41) is 2.74. The first-order valence-electron chi connectivity index (χ1n) is 5.33. The second-order valence-corrected chi connectivity index (χ2v) is 3.99. The van der Waals surface area contributed by atoms with Crippen LogP contribution in [0.2, 0.25) is 0 Å². The van der Waals surface area contributed by atoms with E-state index in [9.17, 15) is 4.79 Å². The van der Waals surface area contributed by atoms with E-state index in [0.29, 0.717) is 17.9 Å². The van der Waals surface area contributed by atoms with E-state index in [1.807, 2.05) is 26.0 Å². The number of rotatable bonds is 5. The second kappa shape index (κ2) is 6.32. The van der Waals surface area contributed by atoms with E-state index >= 15 is 0 Å². The lowest BCUT2D eigenvalue weighted by Crippen LogP contribution is -2.22. The van der Waals surface area contributed by atoms with Gasteiger partial charge >= 0.3 is 0 Å². The van der Waals surface area contributed by atoms with Crippen LogP contribution >= 0.6 is 12.2 Å². The smallest absolute Gasteiger partial charge is 0.250 e. The molecule has 5 heteroatoms. The first-order valence-corrected chi connectivity index (χ1v) is 5.74. The third-order valence-corrected chi connectivity index (χ3v) is 2.43. The minimum atomic E-state index is -0.213. The maximum absolute atomic E-state index is 11.5. The zero-order valence-electron chi connectivity index (χ0n) is 9.95. The molecule has 0 saturated heterocycles. The average molecular weight is 252 g/mol. The number of anilines is 1. The van der Waals surface area contributed by atoms with Crippen LogP contribution in [-0.2, 0) is 9.53 Å². The lowest BCUT2D eigenvalue weighted by atomic mass is 10.1. The van der Waals surface area contributed by atoms with E-state index in [1.54, 1.807) is 6.07 Å². The van der Waals surface area contributed by atoms with Gasteiger partial charge in [-0.3, -0.25) is 4.79 Å². The number of aryl methyl sites for hydroxylation is 1. The first-order chi connectivity index (χ1) is 8.06. The molecule has 1 aromatic carbocycles. The molecule has 1 aromatic rings. The van der Waals surface area contributed by atoms with Crippen LogP contribution in [-0.4, -0.2) is 24.1 Å². The van der Waals surface area contributed by atoms with Gasteiger partial charge in [-0.25, -0.2) is 0 Å². The van der Waals surface area contributed by atoms with E-state index in [4.69, 9.17) is 22.7 Å². The predicted molar refractivity (Wildman–Crippen MR) is 72.2 cm³/mol. The molecule has 0 spiro atoms. The molecule has 0 fully saturated rings. The molecule has 0 unspecified atom stereocenters. The highest BCUT2D eigenvalue weighted by Crippen LogP contribution is 2.19. The van der Waals surface area contributed by atoms with Gasteiger partial charge < -0.3 is 15.8 Å². The van der Waals surface area contributed by atoms with Gasteiger partial charge in [-0.05, 0) is 25.5 Å². The zero-order chi connectivity index (χ0) is 12.8. The minimum Gasteiger partial charge on any atom is -0.389 e. The molecule has 1 amide bonds. The molecule has 1 rings (SSSR count). The van der Waals surface area contributed by atoms with Crippen LogP contribution in [0.15, 0.2) is 18.2 Å². The molecule has 0 aliphatic rings. The molecule has 0 radical (unpaired) electrons. The molecule has 0 bridgehead atoms. The third kappa shape index (κ3) is 3.80. The summed E-state index contributed by atoms with van der Waals surface area (Å²) in [6.45, 7) is 4.26. The highest BCUT2D eigenvalue weighted by molar-refractivity contribution is 7.80. The number of thiocarbonyl (C=S) groups is 1. The Bertz CT molecular complexity index is 433. The van der Waals surface area contributed by atoms with Crippen molar-refractivity contribution in [3.05, 3.63) is 29.3 Å². The summed E-state index contributed by atoms with van der Waals surface area (Å²) < 4.78 is 5.02. The van der Waals surface area contributed by atoms with Crippen molar-refractivity contribution < 1.29 is 9.53 Å². The Morgan fingerprint density at radius 3 is 2.82 bits per heavy atom. The fourth-order valence-electron chi connectivity index (χ4n) is 1.48. The topological polar surface area (TPSA) is 64.3 Å². The summed E-state index contributed by atoms with van der Waals surface area (Å²) in [4.78, 5) is 11.8. The summed E-state index contributed by atoms with van der Waals surface area (Å²) in [5.74, 6) is -0.213. The van der Waals surface area contributed by atoms with E-state index in [2.05, 4.69) is 5.32 Å². The quantitative estimate of drug-likeness (QED) is 0.781. The molecule has 92 valence electrons. The average Bonchev–Trinajstić information content (AvgIpc) is 2.25. The first kappa shape index (κ1) is 13.6. The summed E-state index contributed by atoms with van der Waals surface area (Å²) in [7, 11) is 0. The van der Waals surface area contributed by atoms with Crippen LogP contribution < -0.4 is 11.1 Å². The van der Waals surface area contributed by atoms with Gasteiger partial charge in [-0.15, -0.1) is 0 Å². The van der Waals surface area contributed by atoms with Crippen LogP contribution in [0.4, 0.5) is 5.69 Å². The molecule has 0 aliphatic carbocycles. The Morgan fingerprint density at radius 2 is 2.24 bits per heavy atom. The number of hydrogen-bond donors (Lipinski definition) is 2. The van der Waals surface area contributed by atoms with Crippen molar-refractivity contribution in [3.63, 3.8) is 0 Å². The van der Waals surface area contributed by atoms with Gasteiger partial charge in [-0.2, -0.15) is 0 Å². The summed E-state index contributed by atoms with van der Waals surface area (Å²) in [5.41, 5.74) is 7.91. The van der Waals surface area contributed by atoms with Crippen molar-refractivity contribution in [1.29, 1.82) is 0 Å². The fraction of sp³-hybridized carbons (Fsp3) is 0.333. The van der Waals surface area contributed by atoms with E-state index in [0.717, 1.165) is 5.56 Å². The Morgan fingerprint density at radius 1 is 1.53 bits per heavy atom. The van der Waals surface area contributed by atoms with Crippen LogP contribution in [0.3, 0.4) is 0 Å². The number of hydrogen-bond acceptors (Lipinski definition) is 3. The zero-order valence-corrected chi connectivity index (χ0v) is 10.8. The number of carbonyl (C=O) groups is 1. The van der Waals surface area contributed by atoms with Crippen molar-refractivity contribution >= 4 is 28.8 Å². The number of ether oxygens (including phenoxy) is 1. The van der Waals surface area contributed by atoms with Crippen LogP contribution in [0.25, 0.3) is 0 Å². The molecule has 4 nitrogen and oxygen atoms in total. The number of nitrogens with two attached hydrogens (primary N) is 1. The van der Waals surface area contributed by atoms with E-state index in [1.165, 1.54) is 0 Å². The molecule has 3 N–H and O–H groups in total. The molecular formula is C12H16N2O2S. The Kier molecular flexibility index (Phi) is 5.06. The summed E-state index contributed by atoms with van der Waals surface area (Å²) >= 11 is 4.97. The molecule has 0 aromatic heterocycles. The van der Waals surface area contributed by atoms with Crippen LogP contribution in [0, 0.1) is 6.92 Å². The Labute approximate surface area is 106 Å². The second-order valence-electron chi connectivity index (χ2n) is 3.55. The fourth-order valence-corrected chi connectivity index (χ4v) is 1.75. The van der Waals surface area contributed by atoms with Crippen molar-refractivity contribution in [2.75, 3.05) is 18.5 Å². The summed E-state index contributed by atoms with van der Waals surface area (Å²) in [6.07, 6.45) is 0. The number of carbonyl (C=O) groups excluding carboxylic acids is 1. The largest absolute Gasteiger partial charge is 0.389 e. The monoisotopic (exact) mass is 252 g/mol. The SMILES string of the molecule is CCOCC(=O)Nc1cccc(C)c1C(N)=S. The minimum absolute atomic E-state index is 0.0290. The number of benzene rings is 1. The van der Waals surface area contributed by atoms with Crippen molar-refractivity contribution in [1.82, 2.24) is 0 Å². The third-order valence-electron chi connectivity index (χ3n) is 2.23. The molecule has 0 atom stereocenters. The van der Waals surface area contributed by atoms with Gasteiger partial charge in [0.05, 0.1) is 5.69 Å². The van der Waals surface area contributed by atoms with E-state index < -0.39 is 0 Å². The number of amides is 1. The predicted octanol–water partition coefficient (Wildman–Crippen LogP) is 1.60. The van der Waals surface area contributed by atoms with Gasteiger partial charge in [-0.1, -0.05) is 24.4 Å². The molecule has 0 heterocycles. The maximum Gasteiger partial charge on any atom is 0.250 e. The van der Waals surface area contributed by atoms with Gasteiger partial charge in [0.1, 0.15) is 11.6 Å². The van der Waals surface area contributed by atoms with Crippen molar-refractivity contribution in [2.24, 2.45) is 5.73 Å². The summed E-state index contributed by atoms with van der Waals surface area (Å²) in [6, 6.07) is 5.51. The highest BCUT2D eigenvalue weighted by Gasteiger charge is 2.10. The lowest BCUT2D eigenvalue weighted by Gasteiger charge is -2.12. The standard InChI is InChI=1S/C12H16N2O2S/c1-3-16-7-10(15)14-9-6-4-5-8(2)11(9)12(13)17/h4-6H,3,7H2,1-2H3,(H2,13,17)(H,14,15). The molecule has 0 aliphatic heterocycles. The Balaban J connectivity index is 2.87. The van der Waals surface area contributed by atoms with Crippen molar-refractivity contribution in [3.8, 4) is 0 Å². The van der Waals surface area contributed by atoms with Gasteiger partial charge in [0, 0.05) is 12.2 Å². The number of nitrogens with one attached hydrogen (secondary N) is 1. The van der Waals surface area contributed by atoms with Gasteiger partial charge in [0.2, 0.25) is 5.91 Å². The Hall–Kier alpha value is -1.46. The van der Waals surface area contributed by atoms with Gasteiger partial charge in [0.25, 0.3) is 0 Å². The highest BCUT2D eigenvalue weighted by atomic mass is 32.1. The molecular weight excluding hydrogens is 236 g/mol. The normalized spacial score (nSPS) is 10.0. The van der Waals surface area contributed by atoms with Crippen molar-refractivity contribution in [2.45, 2.75) is 13.8 Å². The maximum atomic E-state index is 11.5. The molecule has 0 saturated carbocycles. The van der Waals surface area contributed by atoms with E-state index in [-0.39, 0.29) is 17.5 Å².